The molecule has 0 spiro atoms. The fourth-order valence-electron chi connectivity index (χ4n) is 3.64. The van der Waals surface area contributed by atoms with E-state index in [0.29, 0.717) is 48.8 Å². The van der Waals surface area contributed by atoms with Gasteiger partial charge < -0.3 is 9.80 Å². The number of anilines is 1. The number of aromatic nitrogens is 4. The Morgan fingerprint density at radius 3 is 2.10 bits per heavy atom. The largest absolute Gasteiger partial charge is 0.352 e. The van der Waals surface area contributed by atoms with Crippen molar-refractivity contribution >= 4 is 17.4 Å². The molecule has 0 aliphatic carbocycles. The summed E-state index contributed by atoms with van der Waals surface area (Å²) in [5.41, 5.74) is 1.78. The van der Waals surface area contributed by atoms with Crippen LogP contribution in [0.4, 0.5) is 14.6 Å². The minimum Gasteiger partial charge on any atom is -0.352 e. The van der Waals surface area contributed by atoms with Gasteiger partial charge in [0.1, 0.15) is 17.5 Å². The summed E-state index contributed by atoms with van der Waals surface area (Å²) in [5, 5.41) is 13.0. The van der Waals surface area contributed by atoms with Gasteiger partial charge in [-0.25, -0.2) is 8.78 Å². The van der Waals surface area contributed by atoms with Gasteiger partial charge in [-0.3, -0.25) is 4.79 Å². The molecule has 0 N–H and O–H groups in total. The predicted molar refractivity (Wildman–Crippen MR) is 111 cm³/mol. The molecule has 3 heterocycles. The Labute approximate surface area is 176 Å². The zero-order valence-electron chi connectivity index (χ0n) is 16.4. The van der Waals surface area contributed by atoms with E-state index in [4.69, 9.17) is 0 Å². The Hall–Kier alpha value is -3.88. The number of hydrogen-bond donors (Lipinski definition) is 0. The quantitative estimate of drug-likeness (QED) is 0.510. The van der Waals surface area contributed by atoms with Crippen LogP contribution in [0.25, 0.3) is 17.0 Å². The third kappa shape index (κ3) is 3.70. The van der Waals surface area contributed by atoms with Crippen LogP contribution in [0.3, 0.4) is 0 Å². The number of carbonyl (C=O) groups excluding carboxylic acids is 1. The second-order valence-electron chi connectivity index (χ2n) is 7.28. The number of rotatable bonds is 3. The summed E-state index contributed by atoms with van der Waals surface area (Å²) in [4.78, 5) is 16.5. The number of hydrogen-bond acceptors (Lipinski definition) is 5. The Bertz CT molecular complexity index is 1230. The van der Waals surface area contributed by atoms with Crippen LogP contribution in [0.15, 0.2) is 60.7 Å². The van der Waals surface area contributed by atoms with Gasteiger partial charge in [0.15, 0.2) is 11.5 Å². The second-order valence-corrected chi connectivity index (χ2v) is 7.28. The van der Waals surface area contributed by atoms with Crippen LogP contribution in [0.5, 0.6) is 0 Å². The monoisotopic (exact) mass is 420 g/mol. The van der Waals surface area contributed by atoms with Gasteiger partial charge >= 0.3 is 0 Å². The number of benzene rings is 2. The van der Waals surface area contributed by atoms with E-state index in [9.17, 15) is 13.6 Å². The van der Waals surface area contributed by atoms with Crippen LogP contribution in [-0.2, 0) is 0 Å². The molecule has 2 aromatic heterocycles. The lowest BCUT2D eigenvalue weighted by molar-refractivity contribution is 0.0746. The van der Waals surface area contributed by atoms with E-state index >= 15 is 0 Å². The third-order valence-corrected chi connectivity index (χ3v) is 5.33. The van der Waals surface area contributed by atoms with Gasteiger partial charge in [-0.1, -0.05) is 0 Å². The predicted octanol–water partition coefficient (Wildman–Crippen LogP) is 3.03. The maximum Gasteiger partial charge on any atom is 0.253 e. The van der Waals surface area contributed by atoms with Crippen LogP contribution < -0.4 is 4.90 Å². The van der Waals surface area contributed by atoms with Crippen molar-refractivity contribution in [3.8, 4) is 11.4 Å². The smallest absolute Gasteiger partial charge is 0.253 e. The van der Waals surface area contributed by atoms with Crippen molar-refractivity contribution in [1.29, 1.82) is 0 Å². The second kappa shape index (κ2) is 7.75. The van der Waals surface area contributed by atoms with E-state index in [1.54, 1.807) is 21.5 Å². The minimum absolute atomic E-state index is 0.111. The number of halogens is 2. The third-order valence-electron chi connectivity index (χ3n) is 5.33. The molecule has 1 amide bonds. The van der Waals surface area contributed by atoms with E-state index < -0.39 is 0 Å². The highest BCUT2D eigenvalue weighted by Gasteiger charge is 2.23. The topological polar surface area (TPSA) is 66.6 Å². The Kier molecular flexibility index (Phi) is 4.78. The van der Waals surface area contributed by atoms with Crippen LogP contribution in [0.2, 0.25) is 0 Å². The summed E-state index contributed by atoms with van der Waals surface area (Å²) >= 11 is 0. The standard InChI is InChI=1S/C22H18F2N6O/c23-17-5-1-15(2-6-17)21-26-25-19-9-10-20(27-30(19)21)28-11-13-29(14-12-28)22(31)16-3-7-18(24)8-4-16/h1-10H,11-14H2. The van der Waals surface area contributed by atoms with Crippen LogP contribution in [-0.4, -0.2) is 56.8 Å². The fraction of sp³-hybridized carbons (Fsp3) is 0.182. The summed E-state index contributed by atoms with van der Waals surface area (Å²) in [5.74, 6) is 0.475. The molecule has 1 saturated heterocycles. The molecule has 7 nitrogen and oxygen atoms in total. The van der Waals surface area contributed by atoms with Gasteiger partial charge in [-0.2, -0.15) is 4.52 Å². The van der Waals surface area contributed by atoms with Gasteiger partial charge in [0.25, 0.3) is 5.91 Å². The molecule has 1 fully saturated rings. The van der Waals surface area contributed by atoms with Crippen molar-refractivity contribution in [2.75, 3.05) is 31.1 Å². The average molecular weight is 420 g/mol. The molecular formula is C22H18F2N6O. The highest BCUT2D eigenvalue weighted by molar-refractivity contribution is 5.94. The summed E-state index contributed by atoms with van der Waals surface area (Å²) in [6, 6.07) is 15.3. The first-order valence-electron chi connectivity index (χ1n) is 9.87. The van der Waals surface area contributed by atoms with Crippen molar-refractivity contribution in [3.63, 3.8) is 0 Å². The van der Waals surface area contributed by atoms with Gasteiger partial charge in [0.2, 0.25) is 0 Å². The SMILES string of the molecule is O=C(c1ccc(F)cc1)N1CCN(c2ccc3nnc(-c4ccc(F)cc4)n3n2)CC1. The lowest BCUT2D eigenvalue weighted by Gasteiger charge is -2.35. The number of fused-ring (bicyclic) bond motifs is 1. The molecule has 31 heavy (non-hydrogen) atoms. The first kappa shape index (κ1) is 19.1. The highest BCUT2D eigenvalue weighted by Crippen LogP contribution is 2.21. The molecule has 156 valence electrons. The van der Waals surface area contributed by atoms with Crippen LogP contribution in [0.1, 0.15) is 10.4 Å². The number of amides is 1. The summed E-state index contributed by atoms with van der Waals surface area (Å²) < 4.78 is 28.0. The van der Waals surface area contributed by atoms with E-state index in [0.717, 1.165) is 5.82 Å². The Morgan fingerprint density at radius 2 is 1.42 bits per heavy atom. The van der Waals surface area contributed by atoms with Crippen molar-refractivity contribution in [2.45, 2.75) is 0 Å². The number of nitrogens with zero attached hydrogens (tertiary/aromatic N) is 6. The zero-order chi connectivity index (χ0) is 21.4. The van der Waals surface area contributed by atoms with Crippen molar-refractivity contribution in [2.24, 2.45) is 0 Å². The van der Waals surface area contributed by atoms with Gasteiger partial charge in [0.05, 0.1) is 0 Å². The first-order chi connectivity index (χ1) is 15.1. The summed E-state index contributed by atoms with van der Waals surface area (Å²) in [6.07, 6.45) is 0. The highest BCUT2D eigenvalue weighted by atomic mass is 19.1. The zero-order valence-corrected chi connectivity index (χ0v) is 16.4. The molecule has 1 aliphatic heterocycles. The number of piperazine rings is 1. The molecule has 0 saturated carbocycles. The summed E-state index contributed by atoms with van der Waals surface area (Å²) in [7, 11) is 0. The molecule has 0 bridgehead atoms. The molecule has 0 radical (unpaired) electrons. The van der Waals surface area contributed by atoms with Gasteiger partial charge in [0, 0.05) is 37.3 Å². The molecule has 0 atom stereocenters. The lowest BCUT2D eigenvalue weighted by atomic mass is 10.2. The lowest BCUT2D eigenvalue weighted by Crippen LogP contribution is -2.49. The Balaban J connectivity index is 1.34. The van der Waals surface area contributed by atoms with E-state index in [1.165, 1.54) is 36.4 Å². The van der Waals surface area contributed by atoms with Gasteiger partial charge in [-0.15, -0.1) is 15.3 Å². The average Bonchev–Trinajstić information content (AvgIpc) is 3.23. The molecule has 2 aromatic carbocycles. The molecular weight excluding hydrogens is 402 g/mol. The van der Waals surface area contributed by atoms with Crippen LogP contribution >= 0.6 is 0 Å². The fourth-order valence-corrected chi connectivity index (χ4v) is 3.64. The van der Waals surface area contributed by atoms with Crippen molar-refractivity contribution in [3.05, 3.63) is 77.9 Å². The van der Waals surface area contributed by atoms with Crippen LogP contribution in [0, 0.1) is 11.6 Å². The van der Waals surface area contributed by atoms with E-state index in [1.807, 2.05) is 12.1 Å². The minimum atomic E-state index is -0.364. The maximum atomic E-state index is 13.3. The van der Waals surface area contributed by atoms with Crippen molar-refractivity contribution < 1.29 is 13.6 Å². The number of carbonyl (C=O) groups is 1. The molecule has 0 unspecified atom stereocenters. The van der Waals surface area contributed by atoms with E-state index in [2.05, 4.69) is 20.2 Å². The molecule has 9 heteroatoms. The van der Waals surface area contributed by atoms with Gasteiger partial charge in [-0.05, 0) is 60.7 Å². The van der Waals surface area contributed by atoms with Crippen molar-refractivity contribution in [1.82, 2.24) is 24.7 Å². The molecule has 1 aliphatic rings. The first-order valence-corrected chi connectivity index (χ1v) is 9.87. The molecule has 4 aromatic rings. The Morgan fingerprint density at radius 1 is 0.774 bits per heavy atom. The maximum absolute atomic E-state index is 13.3. The van der Waals surface area contributed by atoms with E-state index in [-0.39, 0.29) is 17.5 Å². The summed E-state index contributed by atoms with van der Waals surface area (Å²) in [6.45, 7) is 2.28. The molecule has 5 rings (SSSR count). The normalized spacial score (nSPS) is 14.3.